The summed E-state index contributed by atoms with van der Waals surface area (Å²) in [6, 6.07) is 3.65. The van der Waals surface area contributed by atoms with E-state index in [9.17, 15) is 13.2 Å². The third-order valence-electron chi connectivity index (χ3n) is 3.08. The van der Waals surface area contributed by atoms with Crippen molar-refractivity contribution < 1.29 is 13.2 Å². The molecule has 2 nitrogen and oxygen atoms in total. The zero-order valence-electron chi connectivity index (χ0n) is 11.8. The van der Waals surface area contributed by atoms with Gasteiger partial charge in [0.05, 0.1) is 5.56 Å². The van der Waals surface area contributed by atoms with Crippen LogP contribution in [0.4, 0.5) is 13.2 Å². The molecule has 0 heterocycles. The summed E-state index contributed by atoms with van der Waals surface area (Å²) < 4.78 is 39.7. The molecule has 0 aliphatic heterocycles. The van der Waals surface area contributed by atoms with Gasteiger partial charge in [0.1, 0.15) is 0 Å². The van der Waals surface area contributed by atoms with Crippen LogP contribution in [0.3, 0.4) is 0 Å². The molecule has 114 valence electrons. The lowest BCUT2D eigenvalue weighted by Crippen LogP contribution is -2.30. The maximum absolute atomic E-state index is 13.1. The predicted molar refractivity (Wildman–Crippen MR) is 77.9 cm³/mol. The molecule has 0 amide bonds. The molecule has 1 rings (SSSR count). The minimum absolute atomic E-state index is 0.0445. The molecule has 0 radical (unpaired) electrons. The first-order valence-corrected chi connectivity index (χ1v) is 7.16. The van der Waals surface area contributed by atoms with Crippen molar-refractivity contribution in [2.75, 3.05) is 0 Å². The second-order valence-corrected chi connectivity index (χ2v) is 6.96. The molecule has 20 heavy (non-hydrogen) atoms. The Labute approximate surface area is 126 Å². The van der Waals surface area contributed by atoms with Gasteiger partial charge in [0.25, 0.3) is 0 Å². The Hall–Kier alpha value is -0.590. The average Bonchev–Trinajstić information content (AvgIpc) is 2.28. The van der Waals surface area contributed by atoms with Gasteiger partial charge in [0.2, 0.25) is 0 Å². The molecule has 0 spiro atoms. The second-order valence-electron chi connectivity index (χ2n) is 6.05. The maximum atomic E-state index is 13.1. The van der Waals surface area contributed by atoms with E-state index in [4.69, 9.17) is 5.84 Å². The summed E-state index contributed by atoms with van der Waals surface area (Å²) in [5.74, 6) is 5.46. The van der Waals surface area contributed by atoms with E-state index in [1.165, 1.54) is 6.07 Å². The number of benzene rings is 1. The molecule has 3 N–H and O–H groups in total. The lowest BCUT2D eigenvalue weighted by molar-refractivity contribution is -0.138. The number of nitrogens with two attached hydrogens (primary N) is 1. The van der Waals surface area contributed by atoms with Gasteiger partial charge in [-0.1, -0.05) is 42.8 Å². The van der Waals surface area contributed by atoms with E-state index < -0.39 is 17.8 Å². The van der Waals surface area contributed by atoms with Gasteiger partial charge in [-0.15, -0.1) is 0 Å². The van der Waals surface area contributed by atoms with Gasteiger partial charge in [-0.25, -0.2) is 0 Å². The second kappa shape index (κ2) is 6.45. The topological polar surface area (TPSA) is 38.0 Å². The van der Waals surface area contributed by atoms with E-state index in [-0.39, 0.29) is 11.0 Å². The Morgan fingerprint density at radius 3 is 2.30 bits per heavy atom. The molecule has 1 aromatic rings. The normalized spacial score (nSPS) is 14.4. The van der Waals surface area contributed by atoms with Crippen molar-refractivity contribution in [1.29, 1.82) is 0 Å². The third-order valence-corrected chi connectivity index (χ3v) is 3.57. The van der Waals surface area contributed by atoms with Crippen LogP contribution in [0.5, 0.6) is 0 Å². The molecule has 0 bridgehead atoms. The third kappa shape index (κ3) is 5.07. The lowest BCUT2D eigenvalue weighted by Gasteiger charge is -2.25. The Bertz CT molecular complexity index is 453. The molecule has 0 fully saturated rings. The summed E-state index contributed by atoms with van der Waals surface area (Å²) in [5.41, 5.74) is 2.09. The van der Waals surface area contributed by atoms with Crippen molar-refractivity contribution in [3.05, 3.63) is 33.8 Å². The van der Waals surface area contributed by atoms with Crippen LogP contribution in [0.2, 0.25) is 0 Å². The fourth-order valence-electron chi connectivity index (χ4n) is 1.98. The zero-order chi connectivity index (χ0) is 15.6. The molecule has 0 aliphatic carbocycles. The number of alkyl halides is 3. The standard InChI is InChI=1S/C14H20BrF3N2/c1-13(2,3)7-6-12(20-19)10-5-4-9(15)8-11(10)14(16,17)18/h4-5,8,12,20H,6-7,19H2,1-3H3. The van der Waals surface area contributed by atoms with Crippen molar-refractivity contribution in [2.45, 2.75) is 45.8 Å². The highest BCUT2D eigenvalue weighted by Gasteiger charge is 2.35. The van der Waals surface area contributed by atoms with Gasteiger partial charge < -0.3 is 0 Å². The molecule has 0 saturated carbocycles. The van der Waals surface area contributed by atoms with Gasteiger partial charge in [-0.3, -0.25) is 11.3 Å². The van der Waals surface area contributed by atoms with Crippen molar-refractivity contribution in [2.24, 2.45) is 11.3 Å². The molecule has 1 atom stereocenters. The molecular weight excluding hydrogens is 333 g/mol. The number of halogens is 4. The number of hydrazine groups is 1. The number of hydrogen-bond donors (Lipinski definition) is 2. The van der Waals surface area contributed by atoms with Crippen molar-refractivity contribution in [1.82, 2.24) is 5.43 Å². The predicted octanol–water partition coefficient (Wildman–Crippen LogP) is 4.80. The summed E-state index contributed by atoms with van der Waals surface area (Å²) in [4.78, 5) is 0. The van der Waals surface area contributed by atoms with Crippen LogP contribution in [0.25, 0.3) is 0 Å². The quantitative estimate of drug-likeness (QED) is 0.603. The lowest BCUT2D eigenvalue weighted by atomic mass is 9.86. The van der Waals surface area contributed by atoms with Crippen LogP contribution in [-0.4, -0.2) is 0 Å². The summed E-state index contributed by atoms with van der Waals surface area (Å²) in [7, 11) is 0. The maximum Gasteiger partial charge on any atom is 0.416 e. The first-order valence-electron chi connectivity index (χ1n) is 6.37. The monoisotopic (exact) mass is 352 g/mol. The van der Waals surface area contributed by atoms with Crippen molar-refractivity contribution in [3.63, 3.8) is 0 Å². The van der Waals surface area contributed by atoms with Crippen LogP contribution < -0.4 is 11.3 Å². The Morgan fingerprint density at radius 2 is 1.85 bits per heavy atom. The first kappa shape index (κ1) is 17.5. The van der Waals surface area contributed by atoms with E-state index in [2.05, 4.69) is 21.4 Å². The highest BCUT2D eigenvalue weighted by Crippen LogP contribution is 2.38. The largest absolute Gasteiger partial charge is 0.416 e. The van der Waals surface area contributed by atoms with Crippen LogP contribution in [0.15, 0.2) is 22.7 Å². The Kier molecular flexibility index (Phi) is 5.63. The van der Waals surface area contributed by atoms with Crippen LogP contribution >= 0.6 is 15.9 Å². The molecule has 0 aliphatic rings. The van der Waals surface area contributed by atoms with Gasteiger partial charge in [0.15, 0.2) is 0 Å². The van der Waals surface area contributed by atoms with Gasteiger partial charge in [-0.05, 0) is 36.0 Å². The number of nitrogens with one attached hydrogen (secondary N) is 1. The molecule has 0 aromatic heterocycles. The zero-order valence-corrected chi connectivity index (χ0v) is 13.4. The molecule has 0 saturated heterocycles. The van der Waals surface area contributed by atoms with Crippen molar-refractivity contribution in [3.8, 4) is 0 Å². The molecule has 1 unspecified atom stereocenters. The van der Waals surface area contributed by atoms with E-state index in [1.807, 2.05) is 20.8 Å². The van der Waals surface area contributed by atoms with E-state index in [1.54, 1.807) is 6.07 Å². The minimum atomic E-state index is -4.39. The van der Waals surface area contributed by atoms with Crippen LogP contribution in [0, 0.1) is 5.41 Å². The molecule has 1 aromatic carbocycles. The Balaban J connectivity index is 3.09. The van der Waals surface area contributed by atoms with E-state index in [0.717, 1.165) is 12.5 Å². The summed E-state index contributed by atoms with van der Waals surface area (Å²) in [6.07, 6.45) is -3.07. The Morgan fingerprint density at radius 1 is 1.25 bits per heavy atom. The fraction of sp³-hybridized carbons (Fsp3) is 0.571. The van der Waals surface area contributed by atoms with E-state index >= 15 is 0 Å². The summed E-state index contributed by atoms with van der Waals surface area (Å²) >= 11 is 3.08. The van der Waals surface area contributed by atoms with Gasteiger partial charge in [-0.2, -0.15) is 13.2 Å². The number of hydrogen-bond acceptors (Lipinski definition) is 2. The summed E-state index contributed by atoms with van der Waals surface area (Å²) in [5, 5.41) is 0. The smallest absolute Gasteiger partial charge is 0.271 e. The van der Waals surface area contributed by atoms with Crippen molar-refractivity contribution >= 4 is 15.9 Å². The minimum Gasteiger partial charge on any atom is -0.271 e. The molecular formula is C14H20BrF3N2. The fourth-order valence-corrected chi connectivity index (χ4v) is 2.34. The highest BCUT2D eigenvalue weighted by atomic mass is 79.9. The van der Waals surface area contributed by atoms with Crippen LogP contribution in [0.1, 0.15) is 50.8 Å². The molecule has 6 heteroatoms. The van der Waals surface area contributed by atoms with E-state index in [0.29, 0.717) is 10.9 Å². The number of rotatable bonds is 4. The van der Waals surface area contributed by atoms with Crippen LogP contribution in [-0.2, 0) is 6.18 Å². The highest BCUT2D eigenvalue weighted by molar-refractivity contribution is 9.10. The average molecular weight is 353 g/mol. The van der Waals surface area contributed by atoms with Gasteiger partial charge >= 0.3 is 6.18 Å². The summed E-state index contributed by atoms with van der Waals surface area (Å²) in [6.45, 7) is 6.15. The SMILES string of the molecule is CC(C)(C)CCC(NN)c1ccc(Br)cc1C(F)(F)F. The first-order chi connectivity index (χ1) is 9.04. The van der Waals surface area contributed by atoms with Gasteiger partial charge in [0, 0.05) is 10.5 Å².